The van der Waals surface area contributed by atoms with Gasteiger partial charge in [-0.15, -0.1) is 0 Å². The normalized spacial score (nSPS) is 17.6. The first kappa shape index (κ1) is 72.5. The van der Waals surface area contributed by atoms with Crippen LogP contribution in [0.5, 0.6) is 0 Å². The van der Waals surface area contributed by atoms with Gasteiger partial charge in [0.25, 0.3) is 0 Å². The molecule has 2 aliphatic rings. The summed E-state index contributed by atoms with van der Waals surface area (Å²) < 4.78 is 0. The van der Waals surface area contributed by atoms with Crippen molar-refractivity contribution in [2.24, 2.45) is 17.6 Å². The number of benzene rings is 2. The second-order valence-electron chi connectivity index (χ2n) is 23.7. The van der Waals surface area contributed by atoms with Crippen molar-refractivity contribution >= 4 is 107 Å². The molecule has 0 radical (unpaired) electrons. The number of carbonyl (C=O) groups excluding carboxylic acids is 11. The number of thiol groups is 2. The zero-order valence-corrected chi connectivity index (χ0v) is 53.5. The Bertz CT molecular complexity index is 3220. The van der Waals surface area contributed by atoms with Gasteiger partial charge in [0.1, 0.15) is 60.4 Å². The molecule has 0 aliphatic carbocycles. The lowest BCUT2D eigenvalue weighted by atomic mass is 9.99. The van der Waals surface area contributed by atoms with Crippen LogP contribution in [0.1, 0.15) is 89.5 Å². The fourth-order valence-corrected chi connectivity index (χ4v) is 11.4. The fraction of sp³-hybridized carbons (Fsp3) is 0.525. The number of aliphatic hydroxyl groups excluding tert-OH is 1. The summed E-state index contributed by atoms with van der Waals surface area (Å²) in [6, 6.07) is 1.13. The molecule has 92 heavy (non-hydrogen) atoms. The maximum atomic E-state index is 14.9. The molecular formula is C61H85N15O14S2. The Hall–Kier alpha value is -8.55. The van der Waals surface area contributed by atoms with Gasteiger partial charge in [-0.1, -0.05) is 76.2 Å². The lowest BCUT2D eigenvalue weighted by molar-refractivity contribution is -0.143. The summed E-state index contributed by atoms with van der Waals surface area (Å²) >= 11 is 8.54. The Morgan fingerprint density at radius 3 is 1.74 bits per heavy atom. The van der Waals surface area contributed by atoms with E-state index in [2.05, 4.69) is 93.4 Å². The van der Waals surface area contributed by atoms with Crippen molar-refractivity contribution in [3.05, 3.63) is 90.1 Å². The van der Waals surface area contributed by atoms with Gasteiger partial charge >= 0.3 is 5.97 Å². The highest BCUT2D eigenvalue weighted by Crippen LogP contribution is 2.23. The Labute approximate surface area is 542 Å². The number of aliphatic hydroxyl groups is 1. The third kappa shape index (κ3) is 21.3. The molecule has 2 saturated heterocycles. The average Bonchev–Trinajstić information content (AvgIpc) is 1.77. The van der Waals surface area contributed by atoms with Crippen LogP contribution in [0.3, 0.4) is 0 Å². The van der Waals surface area contributed by atoms with Crippen molar-refractivity contribution in [1.29, 1.82) is 0 Å². The number of nitrogens with two attached hydrogens (primary N) is 1. The molecule has 31 heteroatoms. The minimum atomic E-state index is -1.74. The van der Waals surface area contributed by atoms with Crippen LogP contribution in [-0.4, -0.2) is 199 Å². The molecule has 4 heterocycles. The summed E-state index contributed by atoms with van der Waals surface area (Å²) in [4.78, 5) is 177. The Morgan fingerprint density at radius 2 is 1.13 bits per heavy atom. The molecule has 500 valence electrons. The molecule has 6 rings (SSSR count). The molecular weight excluding hydrogens is 1230 g/mol. The van der Waals surface area contributed by atoms with Gasteiger partial charge in [-0.05, 0) is 74.1 Å². The molecule has 2 aliphatic heterocycles. The van der Waals surface area contributed by atoms with Gasteiger partial charge in [0.15, 0.2) is 0 Å². The molecule has 0 bridgehead atoms. The number of nitrogens with zero attached hydrogens (tertiary/aromatic N) is 2. The third-order valence-electron chi connectivity index (χ3n) is 15.6. The van der Waals surface area contributed by atoms with Gasteiger partial charge in [0.2, 0.25) is 65.0 Å². The fourth-order valence-electron chi connectivity index (χ4n) is 10.9. The zero-order chi connectivity index (χ0) is 67.2. The number of amides is 11. The summed E-state index contributed by atoms with van der Waals surface area (Å²) in [5, 5.41) is 46.7. The number of hydrogen-bond donors (Lipinski definition) is 17. The van der Waals surface area contributed by atoms with E-state index in [-0.39, 0.29) is 68.4 Å². The maximum Gasteiger partial charge on any atom is 0.326 e. The predicted octanol–water partition coefficient (Wildman–Crippen LogP) is -2.07. The van der Waals surface area contributed by atoms with Crippen molar-refractivity contribution in [2.75, 3.05) is 31.2 Å². The van der Waals surface area contributed by atoms with E-state index >= 15 is 0 Å². The van der Waals surface area contributed by atoms with Gasteiger partial charge in [0.05, 0.1) is 25.4 Å². The number of carboxylic acid groups (broad SMARTS) is 1. The topological polar surface area (TPSA) is 439 Å². The maximum absolute atomic E-state index is 14.9. The van der Waals surface area contributed by atoms with Crippen molar-refractivity contribution < 1.29 is 67.7 Å². The Kier molecular flexibility index (Phi) is 27.8. The second kappa shape index (κ2) is 35.3. The monoisotopic (exact) mass is 1320 g/mol. The van der Waals surface area contributed by atoms with E-state index in [1.54, 1.807) is 88.5 Å². The predicted molar refractivity (Wildman–Crippen MR) is 343 cm³/mol. The molecule has 0 spiro atoms. The van der Waals surface area contributed by atoms with Gasteiger partial charge in [0, 0.05) is 66.3 Å². The summed E-state index contributed by atoms with van der Waals surface area (Å²) in [6.07, 6.45) is 5.22. The number of aromatic amines is 2. The Morgan fingerprint density at radius 1 is 0.598 bits per heavy atom. The SMILES string of the molecule is CC(C)C[C@H](NC(=O)[C@H](CO)NC(=O)[C@H](CS)NC(=O)[C@@H]1CCCN1C(=O)[C@H](Cc1ccccc1)NC(=O)[C@H](CC(C)C)NC(=O)[C@H](Cc1c[nH]c2ccccc12)NC(=O)[C@H](CC(N)=O)NC(=O)[C@H](CS)NC(=O)[C@H](Cc1cnc[nH]1)NC(=O)[C@@H]1CCCN1)C(=O)O. The number of nitrogens with one attached hydrogen (secondary N) is 12. The smallest absolute Gasteiger partial charge is 0.326 e. The quantitative estimate of drug-likeness (QED) is 0.0220. The van der Waals surface area contributed by atoms with E-state index in [9.17, 15) is 67.7 Å². The van der Waals surface area contributed by atoms with Crippen molar-refractivity contribution in [2.45, 2.75) is 158 Å². The first-order valence-corrected chi connectivity index (χ1v) is 31.8. The van der Waals surface area contributed by atoms with Crippen LogP contribution >= 0.6 is 25.3 Å². The highest BCUT2D eigenvalue weighted by Gasteiger charge is 2.41. The summed E-state index contributed by atoms with van der Waals surface area (Å²) in [5.41, 5.74) is 7.98. The van der Waals surface area contributed by atoms with E-state index in [1.807, 2.05) is 0 Å². The van der Waals surface area contributed by atoms with Gasteiger partial charge in [-0.25, -0.2) is 9.78 Å². The number of H-pyrrole nitrogens is 2. The highest BCUT2D eigenvalue weighted by molar-refractivity contribution is 7.80. The third-order valence-corrected chi connectivity index (χ3v) is 16.3. The number of para-hydroxylation sites is 1. The lowest BCUT2D eigenvalue weighted by Crippen LogP contribution is -2.61. The molecule has 4 aromatic rings. The minimum Gasteiger partial charge on any atom is -0.480 e. The summed E-state index contributed by atoms with van der Waals surface area (Å²) in [7, 11) is 0. The first-order chi connectivity index (χ1) is 43.9. The van der Waals surface area contributed by atoms with Crippen LogP contribution < -0.4 is 58.9 Å². The number of aliphatic carboxylic acids is 1. The van der Waals surface area contributed by atoms with Crippen LogP contribution in [0.4, 0.5) is 0 Å². The zero-order valence-electron chi connectivity index (χ0n) is 51.7. The van der Waals surface area contributed by atoms with E-state index in [0.717, 1.165) is 6.42 Å². The molecule has 16 N–H and O–H groups in total. The summed E-state index contributed by atoms with van der Waals surface area (Å²) in [5.74, 6) is -11.6. The number of carboxylic acids is 1. The number of likely N-dealkylation sites (tertiary alicyclic amines) is 1. The van der Waals surface area contributed by atoms with Crippen LogP contribution in [0, 0.1) is 11.8 Å². The van der Waals surface area contributed by atoms with Crippen molar-refractivity contribution in [3.8, 4) is 0 Å². The second-order valence-corrected chi connectivity index (χ2v) is 24.5. The number of aromatic nitrogens is 3. The number of imidazole rings is 1. The standard InChI is InChI=1S/C61H85N15O14S2/c1-32(2)20-40(52(80)71-44(22-34-12-6-5-7-13-34)60(88)76-19-11-17-49(76)59(87)75-48(30-92)58(86)73-46(28-77)56(84)72-45(61(89)90)21-33(3)4)67-53(81)41(23-35-26-65-38-15-9-8-14-37(35)38)68-55(83)43(25-50(62)78)70-57(85)47(29-91)74-54(82)42(24-36-27-63-31-66-36)69-51(79)39-16-10-18-64-39/h5-9,12-15,26-27,31-33,39-49,64-65,77,91-92H,10-11,16-25,28-30H2,1-4H3,(H2,62,78)(H,63,66)(H,67,81)(H,68,83)(H,69,79)(H,70,85)(H,71,80)(H,72,84)(H,73,86)(H,74,82)(H,75,87)(H,89,90)/t39-,40-,41-,42-,43-,44-,45-,46-,47-,48-,49-/m0/s1. The minimum absolute atomic E-state index is 0.00251. The number of rotatable bonds is 35. The molecule has 11 amide bonds. The number of carbonyl (C=O) groups is 12. The molecule has 2 aromatic heterocycles. The van der Waals surface area contributed by atoms with Crippen molar-refractivity contribution in [1.82, 2.24) is 73.0 Å². The molecule has 2 aromatic carbocycles. The van der Waals surface area contributed by atoms with Crippen LogP contribution in [0.2, 0.25) is 0 Å². The first-order valence-electron chi connectivity index (χ1n) is 30.6. The van der Waals surface area contributed by atoms with Gasteiger partial charge in [-0.2, -0.15) is 25.3 Å². The molecule has 29 nitrogen and oxygen atoms in total. The van der Waals surface area contributed by atoms with Crippen molar-refractivity contribution in [3.63, 3.8) is 0 Å². The van der Waals surface area contributed by atoms with Crippen LogP contribution in [0.15, 0.2) is 73.3 Å². The molecule has 0 saturated carbocycles. The van der Waals surface area contributed by atoms with E-state index in [4.69, 9.17) is 5.73 Å². The van der Waals surface area contributed by atoms with E-state index < -0.39 is 150 Å². The molecule has 0 unspecified atom stereocenters. The van der Waals surface area contributed by atoms with Gasteiger partial charge < -0.3 is 84.0 Å². The molecule has 11 atom stereocenters. The van der Waals surface area contributed by atoms with Crippen LogP contribution in [-0.2, 0) is 76.8 Å². The summed E-state index contributed by atoms with van der Waals surface area (Å²) in [6.45, 7) is 6.84. The van der Waals surface area contributed by atoms with E-state index in [0.29, 0.717) is 47.1 Å². The molecule has 2 fully saturated rings. The largest absolute Gasteiger partial charge is 0.480 e. The average molecular weight is 1320 g/mol. The lowest BCUT2D eigenvalue weighted by Gasteiger charge is -2.31. The number of fused-ring (bicyclic) bond motifs is 1. The Balaban J connectivity index is 1.20. The highest BCUT2D eigenvalue weighted by atomic mass is 32.1. The number of primary amides is 1. The van der Waals surface area contributed by atoms with Crippen LogP contribution in [0.25, 0.3) is 10.9 Å². The van der Waals surface area contributed by atoms with E-state index in [1.165, 1.54) is 17.4 Å². The van der Waals surface area contributed by atoms with Gasteiger partial charge in [-0.3, -0.25) is 52.7 Å². The number of hydrogen-bond acceptors (Lipinski definition) is 17.